The van der Waals surface area contributed by atoms with Gasteiger partial charge in [0.1, 0.15) is 5.60 Å². The highest BCUT2D eigenvalue weighted by molar-refractivity contribution is 9.09. The summed E-state index contributed by atoms with van der Waals surface area (Å²) >= 11 is 3.45. The zero-order valence-electron chi connectivity index (χ0n) is 12.1. The number of hydrogen-bond acceptors (Lipinski definition) is 2. The van der Waals surface area contributed by atoms with Gasteiger partial charge in [0, 0.05) is 5.33 Å². The first kappa shape index (κ1) is 16.0. The van der Waals surface area contributed by atoms with Crippen molar-refractivity contribution in [2.24, 2.45) is 5.41 Å². The number of alkyl halides is 1. The average Bonchev–Trinajstić information content (AvgIpc) is 2.18. The Balaban J connectivity index is 2.35. The summed E-state index contributed by atoms with van der Waals surface area (Å²) in [6, 6.07) is 0. The van der Waals surface area contributed by atoms with Crippen LogP contribution < -0.4 is 0 Å². The van der Waals surface area contributed by atoms with Crippen LogP contribution in [0, 0.1) is 5.41 Å². The van der Waals surface area contributed by atoms with E-state index >= 15 is 0 Å². The summed E-state index contributed by atoms with van der Waals surface area (Å²) in [6.45, 7) is 5.85. The molecule has 0 radical (unpaired) electrons. The van der Waals surface area contributed by atoms with Crippen LogP contribution in [0.15, 0.2) is 0 Å². The Bertz CT molecular complexity index is 264. The van der Waals surface area contributed by atoms with Crippen LogP contribution in [-0.2, 0) is 9.53 Å². The number of carbonyl (C=O) groups excluding carboxylic acids is 1. The van der Waals surface area contributed by atoms with Gasteiger partial charge in [0.15, 0.2) is 0 Å². The van der Waals surface area contributed by atoms with Crippen molar-refractivity contribution in [3.8, 4) is 0 Å². The molecule has 0 N–H and O–H groups in total. The summed E-state index contributed by atoms with van der Waals surface area (Å²) in [6.07, 6.45) is 9.14. The molecule has 1 aliphatic carbocycles. The van der Waals surface area contributed by atoms with E-state index in [0.717, 1.165) is 31.0 Å². The van der Waals surface area contributed by atoms with Crippen LogP contribution >= 0.6 is 15.9 Å². The third-order valence-electron chi connectivity index (χ3n) is 3.68. The molecule has 0 amide bonds. The number of hydrogen-bond donors (Lipinski definition) is 0. The summed E-state index contributed by atoms with van der Waals surface area (Å²) in [5.74, 6) is 0.0433. The van der Waals surface area contributed by atoms with Crippen molar-refractivity contribution < 1.29 is 9.53 Å². The third-order valence-corrected chi connectivity index (χ3v) is 4.24. The Morgan fingerprint density at radius 1 is 1.17 bits per heavy atom. The molecule has 0 bridgehead atoms. The van der Waals surface area contributed by atoms with Gasteiger partial charge in [-0.3, -0.25) is 4.79 Å². The molecule has 0 aromatic rings. The van der Waals surface area contributed by atoms with E-state index in [1.165, 1.54) is 25.7 Å². The maximum atomic E-state index is 12.3. The highest BCUT2D eigenvalue weighted by Gasteiger charge is 2.45. The molecule has 0 unspecified atom stereocenters. The van der Waals surface area contributed by atoms with Crippen molar-refractivity contribution in [3.63, 3.8) is 0 Å². The van der Waals surface area contributed by atoms with E-state index in [2.05, 4.69) is 15.9 Å². The minimum Gasteiger partial charge on any atom is -0.460 e. The topological polar surface area (TPSA) is 26.3 Å². The molecule has 18 heavy (non-hydrogen) atoms. The van der Waals surface area contributed by atoms with Crippen molar-refractivity contribution in [1.29, 1.82) is 0 Å². The normalized spacial score (nSPS) is 18.2. The quantitative estimate of drug-likeness (QED) is 0.381. The lowest BCUT2D eigenvalue weighted by molar-refractivity contribution is -0.174. The smallest absolute Gasteiger partial charge is 0.312 e. The molecule has 0 aromatic heterocycles. The maximum Gasteiger partial charge on any atom is 0.312 e. The first-order valence-corrected chi connectivity index (χ1v) is 8.31. The number of unbranched alkanes of at least 4 members (excludes halogenated alkanes) is 3. The molecule has 1 fully saturated rings. The molecule has 1 aliphatic rings. The van der Waals surface area contributed by atoms with Gasteiger partial charge in [0.05, 0.1) is 5.41 Å². The first-order valence-electron chi connectivity index (χ1n) is 7.19. The summed E-state index contributed by atoms with van der Waals surface area (Å²) in [5.41, 5.74) is -0.489. The Hall–Kier alpha value is -0.0500. The molecular weight excluding hydrogens is 292 g/mol. The zero-order valence-corrected chi connectivity index (χ0v) is 13.6. The predicted molar refractivity (Wildman–Crippen MR) is 79.0 cm³/mol. The fraction of sp³-hybridized carbons (Fsp3) is 0.933. The van der Waals surface area contributed by atoms with Crippen LogP contribution in [-0.4, -0.2) is 16.9 Å². The van der Waals surface area contributed by atoms with Gasteiger partial charge < -0.3 is 4.74 Å². The second-order valence-corrected chi connectivity index (χ2v) is 7.28. The van der Waals surface area contributed by atoms with Gasteiger partial charge in [0.25, 0.3) is 0 Å². The summed E-state index contributed by atoms with van der Waals surface area (Å²) in [5, 5.41) is 1.09. The molecule has 0 aliphatic heterocycles. The standard InChI is InChI=1S/C15H27BrO2/c1-14(2,3)18-13(17)15(10-8-11-15)9-6-4-5-7-12-16/h4-12H2,1-3H3. The van der Waals surface area contributed by atoms with Crippen molar-refractivity contribution in [2.75, 3.05) is 5.33 Å². The van der Waals surface area contributed by atoms with Crippen LogP contribution in [0.3, 0.4) is 0 Å². The molecule has 0 heterocycles. The van der Waals surface area contributed by atoms with E-state index < -0.39 is 0 Å². The molecule has 1 saturated carbocycles. The zero-order chi connectivity index (χ0) is 13.6. The van der Waals surface area contributed by atoms with Gasteiger partial charge in [-0.15, -0.1) is 0 Å². The van der Waals surface area contributed by atoms with Crippen LogP contribution in [0.5, 0.6) is 0 Å². The highest BCUT2D eigenvalue weighted by atomic mass is 79.9. The highest BCUT2D eigenvalue weighted by Crippen LogP contribution is 2.46. The van der Waals surface area contributed by atoms with Gasteiger partial charge in [-0.05, 0) is 46.5 Å². The van der Waals surface area contributed by atoms with Crippen LogP contribution in [0.25, 0.3) is 0 Å². The molecule has 0 spiro atoms. The Kier molecular flexibility index (Phi) is 6.16. The summed E-state index contributed by atoms with van der Waals surface area (Å²) in [7, 11) is 0. The van der Waals surface area contributed by atoms with Crippen molar-refractivity contribution >= 4 is 21.9 Å². The second kappa shape index (κ2) is 6.93. The molecule has 0 atom stereocenters. The fourth-order valence-corrected chi connectivity index (χ4v) is 2.85. The molecule has 1 rings (SSSR count). The first-order chi connectivity index (χ1) is 8.40. The van der Waals surface area contributed by atoms with E-state index in [1.807, 2.05) is 20.8 Å². The number of ether oxygens (including phenoxy) is 1. The number of esters is 1. The second-order valence-electron chi connectivity index (χ2n) is 6.49. The van der Waals surface area contributed by atoms with Gasteiger partial charge >= 0.3 is 5.97 Å². The van der Waals surface area contributed by atoms with Crippen LogP contribution in [0.1, 0.15) is 72.1 Å². The van der Waals surface area contributed by atoms with E-state index in [9.17, 15) is 4.79 Å². The lowest BCUT2D eigenvalue weighted by Gasteiger charge is -2.41. The van der Waals surface area contributed by atoms with Crippen LogP contribution in [0.4, 0.5) is 0 Å². The van der Waals surface area contributed by atoms with Gasteiger partial charge in [-0.1, -0.05) is 41.6 Å². The number of rotatable bonds is 7. The largest absolute Gasteiger partial charge is 0.460 e. The van der Waals surface area contributed by atoms with E-state index in [-0.39, 0.29) is 17.0 Å². The Morgan fingerprint density at radius 3 is 2.22 bits per heavy atom. The van der Waals surface area contributed by atoms with E-state index in [4.69, 9.17) is 4.74 Å². The van der Waals surface area contributed by atoms with Crippen molar-refractivity contribution in [2.45, 2.75) is 77.7 Å². The number of carbonyl (C=O) groups is 1. The van der Waals surface area contributed by atoms with Gasteiger partial charge in [-0.25, -0.2) is 0 Å². The fourth-order valence-electron chi connectivity index (χ4n) is 2.46. The lowest BCUT2D eigenvalue weighted by atomic mass is 9.66. The molecule has 2 nitrogen and oxygen atoms in total. The lowest BCUT2D eigenvalue weighted by Crippen LogP contribution is -2.42. The monoisotopic (exact) mass is 318 g/mol. The maximum absolute atomic E-state index is 12.3. The third kappa shape index (κ3) is 4.91. The number of halogens is 1. The molecule has 106 valence electrons. The minimum absolute atomic E-state index is 0.0433. The molecule has 0 saturated heterocycles. The molecule has 3 heteroatoms. The van der Waals surface area contributed by atoms with Crippen LogP contribution in [0.2, 0.25) is 0 Å². The Morgan fingerprint density at radius 2 is 1.78 bits per heavy atom. The van der Waals surface area contributed by atoms with Crippen molar-refractivity contribution in [3.05, 3.63) is 0 Å². The summed E-state index contributed by atoms with van der Waals surface area (Å²) < 4.78 is 5.58. The predicted octanol–water partition coefficient (Wildman–Crippen LogP) is 4.84. The molecule has 0 aromatic carbocycles. The summed E-state index contributed by atoms with van der Waals surface area (Å²) in [4.78, 5) is 12.3. The van der Waals surface area contributed by atoms with Crippen molar-refractivity contribution in [1.82, 2.24) is 0 Å². The Labute approximate surface area is 120 Å². The van der Waals surface area contributed by atoms with Gasteiger partial charge in [0.2, 0.25) is 0 Å². The van der Waals surface area contributed by atoms with Gasteiger partial charge in [-0.2, -0.15) is 0 Å². The van der Waals surface area contributed by atoms with E-state index in [0.29, 0.717) is 0 Å². The average molecular weight is 319 g/mol. The molecular formula is C15H27BrO2. The SMILES string of the molecule is CC(C)(C)OC(=O)C1(CCCCCCBr)CCC1. The minimum atomic E-state index is -0.352. The van der Waals surface area contributed by atoms with E-state index in [1.54, 1.807) is 0 Å².